The molecule has 0 bridgehead atoms. The van der Waals surface area contributed by atoms with E-state index in [1.807, 2.05) is 24.3 Å². The lowest BCUT2D eigenvalue weighted by Gasteiger charge is -2.04. The fraction of sp³-hybridized carbons (Fsp3) is 0.167. The van der Waals surface area contributed by atoms with Gasteiger partial charge in [0.15, 0.2) is 0 Å². The smallest absolute Gasteiger partial charge is 0.311 e. The zero-order valence-electron chi connectivity index (χ0n) is 13.4. The predicted octanol–water partition coefficient (Wildman–Crippen LogP) is 3.94. The maximum Gasteiger partial charge on any atom is 0.311 e. The van der Waals surface area contributed by atoms with Crippen molar-refractivity contribution in [2.75, 3.05) is 7.11 Å². The zero-order valence-corrected chi connectivity index (χ0v) is 14.2. The highest BCUT2D eigenvalue weighted by Crippen LogP contribution is 2.24. The van der Waals surface area contributed by atoms with Crippen LogP contribution in [0.25, 0.3) is 11.4 Å². The average molecular weight is 359 g/mol. The summed E-state index contributed by atoms with van der Waals surface area (Å²) in [5, 5.41) is 4.30. The second-order valence-corrected chi connectivity index (χ2v) is 5.55. The molecule has 0 spiro atoms. The Morgan fingerprint density at radius 1 is 1.16 bits per heavy atom. The summed E-state index contributed by atoms with van der Waals surface area (Å²) in [6, 6.07) is 14.1. The molecule has 0 aliphatic rings. The summed E-state index contributed by atoms with van der Waals surface area (Å²) < 4.78 is 15.5. The molecular weight excluding hydrogens is 344 g/mol. The van der Waals surface area contributed by atoms with Gasteiger partial charge in [-0.3, -0.25) is 4.79 Å². The monoisotopic (exact) mass is 358 g/mol. The molecule has 1 heterocycles. The fourth-order valence-corrected chi connectivity index (χ4v) is 2.30. The van der Waals surface area contributed by atoms with Gasteiger partial charge in [-0.15, -0.1) is 0 Å². The number of carbonyl (C=O) groups is 1. The molecule has 0 saturated heterocycles. The average Bonchev–Trinajstić information content (AvgIpc) is 3.11. The Hall–Kier alpha value is -2.86. The first-order chi connectivity index (χ1) is 12.2. The number of benzene rings is 2. The molecule has 128 valence electrons. The van der Waals surface area contributed by atoms with Crippen molar-refractivity contribution < 1.29 is 18.8 Å². The molecule has 0 amide bonds. The van der Waals surface area contributed by atoms with Crippen molar-refractivity contribution in [3.63, 3.8) is 0 Å². The van der Waals surface area contributed by atoms with Crippen LogP contribution in [-0.2, 0) is 11.2 Å². The van der Waals surface area contributed by atoms with Gasteiger partial charge in [0.25, 0.3) is 0 Å². The normalized spacial score (nSPS) is 10.5. The third-order valence-electron chi connectivity index (χ3n) is 3.42. The van der Waals surface area contributed by atoms with Gasteiger partial charge in [0.2, 0.25) is 11.7 Å². The Labute approximate surface area is 149 Å². The van der Waals surface area contributed by atoms with Crippen LogP contribution in [0.5, 0.6) is 11.5 Å². The van der Waals surface area contributed by atoms with Gasteiger partial charge in [-0.05, 0) is 36.4 Å². The molecule has 1 aromatic heterocycles. The van der Waals surface area contributed by atoms with Crippen LogP contribution in [0.3, 0.4) is 0 Å². The highest BCUT2D eigenvalue weighted by Gasteiger charge is 2.13. The molecule has 0 atom stereocenters. The van der Waals surface area contributed by atoms with Crippen molar-refractivity contribution in [2.24, 2.45) is 0 Å². The second-order valence-electron chi connectivity index (χ2n) is 5.14. The zero-order chi connectivity index (χ0) is 17.6. The van der Waals surface area contributed by atoms with E-state index in [2.05, 4.69) is 10.1 Å². The number of methoxy groups -OCH3 is 1. The van der Waals surface area contributed by atoms with Crippen molar-refractivity contribution in [3.05, 3.63) is 59.4 Å². The van der Waals surface area contributed by atoms with Crippen LogP contribution in [-0.4, -0.2) is 23.2 Å². The second kappa shape index (κ2) is 7.81. The number of esters is 1. The number of ether oxygens (including phenoxy) is 2. The lowest BCUT2D eigenvalue weighted by Crippen LogP contribution is -2.09. The summed E-state index contributed by atoms with van der Waals surface area (Å²) >= 11 is 5.95. The number of para-hydroxylation sites is 1. The van der Waals surface area contributed by atoms with Gasteiger partial charge in [0, 0.05) is 12.0 Å². The minimum Gasteiger partial charge on any atom is -0.497 e. The van der Waals surface area contributed by atoms with Gasteiger partial charge in [0.1, 0.15) is 11.5 Å². The standard InChI is InChI=1S/C18H15ClN2O4/c1-23-13-8-6-12(7-9-13)18-20-16(25-21-18)10-11-17(22)24-15-5-3-2-4-14(15)19/h2-9H,10-11H2,1H3. The number of carbonyl (C=O) groups excluding carboxylic acids is 1. The molecule has 3 aromatic rings. The quantitative estimate of drug-likeness (QED) is 0.491. The summed E-state index contributed by atoms with van der Waals surface area (Å²) in [7, 11) is 1.60. The molecule has 0 unspecified atom stereocenters. The number of aryl methyl sites for hydroxylation is 1. The van der Waals surface area contributed by atoms with Crippen LogP contribution in [0.4, 0.5) is 0 Å². The molecule has 0 radical (unpaired) electrons. The maximum atomic E-state index is 11.9. The Bertz CT molecular complexity index is 862. The Morgan fingerprint density at radius 3 is 2.64 bits per heavy atom. The van der Waals surface area contributed by atoms with Crippen molar-refractivity contribution in [3.8, 4) is 22.9 Å². The van der Waals surface area contributed by atoms with E-state index in [0.717, 1.165) is 11.3 Å². The van der Waals surface area contributed by atoms with E-state index in [4.69, 9.17) is 25.6 Å². The van der Waals surface area contributed by atoms with E-state index in [1.54, 1.807) is 31.4 Å². The van der Waals surface area contributed by atoms with E-state index in [-0.39, 0.29) is 12.8 Å². The van der Waals surface area contributed by atoms with Crippen LogP contribution in [0.15, 0.2) is 53.1 Å². The SMILES string of the molecule is COc1ccc(-c2noc(CCC(=O)Oc3ccccc3Cl)n2)cc1. The summed E-state index contributed by atoms with van der Waals surface area (Å²) in [6.45, 7) is 0. The van der Waals surface area contributed by atoms with E-state index in [1.165, 1.54) is 0 Å². The molecular formula is C18H15ClN2O4. The molecule has 3 rings (SSSR count). The molecule has 0 N–H and O–H groups in total. The largest absolute Gasteiger partial charge is 0.497 e. The summed E-state index contributed by atoms with van der Waals surface area (Å²) in [5.74, 6) is 1.48. The molecule has 0 fully saturated rings. The number of halogens is 1. The fourth-order valence-electron chi connectivity index (χ4n) is 2.12. The van der Waals surface area contributed by atoms with E-state index >= 15 is 0 Å². The first kappa shape index (κ1) is 17.0. The highest BCUT2D eigenvalue weighted by molar-refractivity contribution is 6.32. The summed E-state index contributed by atoms with van der Waals surface area (Å²) in [5.41, 5.74) is 0.800. The van der Waals surface area contributed by atoms with E-state index in [9.17, 15) is 4.79 Å². The summed E-state index contributed by atoms with van der Waals surface area (Å²) in [4.78, 5) is 16.2. The number of hydrogen-bond donors (Lipinski definition) is 0. The van der Waals surface area contributed by atoms with Gasteiger partial charge >= 0.3 is 5.97 Å². The Balaban J connectivity index is 1.58. The number of rotatable bonds is 6. The van der Waals surface area contributed by atoms with Gasteiger partial charge < -0.3 is 14.0 Å². The molecule has 0 aliphatic carbocycles. The first-order valence-corrected chi connectivity index (χ1v) is 7.96. The predicted molar refractivity (Wildman–Crippen MR) is 91.7 cm³/mol. The molecule has 0 saturated carbocycles. The van der Waals surface area contributed by atoms with Crippen LogP contribution in [0.2, 0.25) is 5.02 Å². The third-order valence-corrected chi connectivity index (χ3v) is 3.73. The van der Waals surface area contributed by atoms with Gasteiger partial charge in [-0.1, -0.05) is 28.9 Å². The van der Waals surface area contributed by atoms with Crippen LogP contribution in [0, 0.1) is 0 Å². The Morgan fingerprint density at radius 2 is 1.92 bits per heavy atom. The van der Waals surface area contributed by atoms with Crippen LogP contribution in [0.1, 0.15) is 12.3 Å². The van der Waals surface area contributed by atoms with Crippen LogP contribution < -0.4 is 9.47 Å². The topological polar surface area (TPSA) is 74.5 Å². The van der Waals surface area contributed by atoms with Gasteiger partial charge in [-0.25, -0.2) is 0 Å². The number of nitrogens with zero attached hydrogens (tertiary/aromatic N) is 2. The lowest BCUT2D eigenvalue weighted by molar-refractivity contribution is -0.134. The lowest BCUT2D eigenvalue weighted by atomic mass is 10.2. The van der Waals surface area contributed by atoms with Gasteiger partial charge in [0.05, 0.1) is 18.6 Å². The van der Waals surface area contributed by atoms with Crippen molar-refractivity contribution in [1.29, 1.82) is 0 Å². The van der Waals surface area contributed by atoms with E-state index < -0.39 is 5.97 Å². The molecule has 0 aliphatic heterocycles. The van der Waals surface area contributed by atoms with E-state index in [0.29, 0.717) is 22.5 Å². The third kappa shape index (κ3) is 4.36. The summed E-state index contributed by atoms with van der Waals surface area (Å²) in [6.07, 6.45) is 0.391. The number of aromatic nitrogens is 2. The first-order valence-electron chi connectivity index (χ1n) is 7.58. The molecule has 7 heteroatoms. The minimum absolute atomic E-state index is 0.107. The Kier molecular flexibility index (Phi) is 5.30. The number of hydrogen-bond acceptors (Lipinski definition) is 6. The van der Waals surface area contributed by atoms with Crippen molar-refractivity contribution in [2.45, 2.75) is 12.8 Å². The van der Waals surface area contributed by atoms with Gasteiger partial charge in [-0.2, -0.15) is 4.98 Å². The molecule has 25 heavy (non-hydrogen) atoms. The molecule has 2 aromatic carbocycles. The highest BCUT2D eigenvalue weighted by atomic mass is 35.5. The van der Waals surface area contributed by atoms with Crippen molar-refractivity contribution >= 4 is 17.6 Å². The van der Waals surface area contributed by atoms with Crippen molar-refractivity contribution in [1.82, 2.24) is 10.1 Å². The van der Waals surface area contributed by atoms with Crippen LogP contribution >= 0.6 is 11.6 Å². The molecule has 6 nitrogen and oxygen atoms in total. The maximum absolute atomic E-state index is 11.9. The minimum atomic E-state index is -0.419.